The van der Waals surface area contributed by atoms with Gasteiger partial charge in [0.25, 0.3) is 0 Å². The third-order valence-electron chi connectivity index (χ3n) is 5.64. The fraction of sp³-hybridized carbons (Fsp3) is 0. The Hall–Kier alpha value is -3.42. The van der Waals surface area contributed by atoms with Gasteiger partial charge in [0.05, 0.1) is 0 Å². The number of hydrogen-bond acceptors (Lipinski definition) is 1. The van der Waals surface area contributed by atoms with Gasteiger partial charge in [-0.05, 0) is 68.2 Å². The van der Waals surface area contributed by atoms with Crippen LogP contribution in [0.4, 0.5) is 0 Å². The van der Waals surface area contributed by atoms with E-state index in [0.29, 0.717) is 0 Å². The van der Waals surface area contributed by atoms with Crippen LogP contribution in [-0.2, 0) is 0 Å². The molecule has 0 fully saturated rings. The van der Waals surface area contributed by atoms with E-state index in [1.54, 1.807) is 0 Å². The van der Waals surface area contributed by atoms with Gasteiger partial charge in [0.1, 0.15) is 0 Å². The molecule has 29 heavy (non-hydrogen) atoms. The zero-order chi connectivity index (χ0) is 19.2. The lowest BCUT2D eigenvalue weighted by Gasteiger charge is -2.07. The molecule has 136 valence electrons. The number of hydrogen-bond donors (Lipinski definition) is 0. The lowest BCUT2D eigenvalue weighted by atomic mass is 9.97. The molecular formula is C28H18S. The van der Waals surface area contributed by atoms with Crippen LogP contribution in [0.2, 0.25) is 0 Å². The van der Waals surface area contributed by atoms with Crippen molar-refractivity contribution in [3.8, 4) is 0 Å². The van der Waals surface area contributed by atoms with Crippen LogP contribution in [0.1, 0.15) is 10.4 Å². The summed E-state index contributed by atoms with van der Waals surface area (Å²) in [5, 5.41) is 9.23. The molecule has 0 aliphatic rings. The van der Waals surface area contributed by atoms with Crippen molar-refractivity contribution < 1.29 is 0 Å². The molecule has 0 aliphatic carbocycles. The maximum absolute atomic E-state index is 2.33. The molecular weight excluding hydrogens is 368 g/mol. The molecule has 5 aromatic carbocycles. The summed E-state index contributed by atoms with van der Waals surface area (Å²) in [7, 11) is 0. The molecule has 0 amide bonds. The second-order valence-corrected chi connectivity index (χ2v) is 8.57. The third kappa shape index (κ3) is 2.83. The fourth-order valence-electron chi connectivity index (χ4n) is 4.19. The maximum atomic E-state index is 2.33. The van der Waals surface area contributed by atoms with E-state index in [2.05, 4.69) is 109 Å². The Morgan fingerprint density at radius 3 is 2.07 bits per heavy atom. The minimum atomic E-state index is 1.23. The SMILES string of the molecule is C(=Cc1cc2c(ccc3c4cc5ccccc5cc4ccc23)s1)c1ccccc1. The quantitative estimate of drug-likeness (QED) is 0.207. The second kappa shape index (κ2) is 6.58. The zero-order valence-corrected chi connectivity index (χ0v) is 16.6. The molecule has 1 heterocycles. The summed E-state index contributed by atoms with van der Waals surface area (Å²) >= 11 is 1.85. The van der Waals surface area contributed by atoms with Crippen LogP contribution >= 0.6 is 11.3 Å². The van der Waals surface area contributed by atoms with Gasteiger partial charge >= 0.3 is 0 Å². The molecule has 6 rings (SSSR count). The minimum Gasteiger partial charge on any atom is -0.136 e. The van der Waals surface area contributed by atoms with E-state index in [0.717, 1.165) is 0 Å². The Balaban J connectivity index is 1.55. The molecule has 0 bridgehead atoms. The van der Waals surface area contributed by atoms with Gasteiger partial charge in [-0.15, -0.1) is 11.3 Å². The maximum Gasteiger partial charge on any atom is 0.0355 e. The Morgan fingerprint density at radius 2 is 1.21 bits per heavy atom. The van der Waals surface area contributed by atoms with E-state index in [4.69, 9.17) is 0 Å². The van der Waals surface area contributed by atoms with Crippen molar-refractivity contribution in [1.29, 1.82) is 0 Å². The van der Waals surface area contributed by atoms with E-state index in [1.165, 1.54) is 52.8 Å². The summed E-state index contributed by atoms with van der Waals surface area (Å²) in [5.74, 6) is 0. The average molecular weight is 387 g/mol. The van der Waals surface area contributed by atoms with Gasteiger partial charge in [-0.2, -0.15) is 0 Å². The average Bonchev–Trinajstić information content (AvgIpc) is 3.20. The first-order valence-electron chi connectivity index (χ1n) is 9.86. The van der Waals surface area contributed by atoms with Gasteiger partial charge in [-0.1, -0.05) is 78.9 Å². The number of benzene rings is 5. The third-order valence-corrected chi connectivity index (χ3v) is 6.70. The lowest BCUT2D eigenvalue weighted by Crippen LogP contribution is -1.80. The van der Waals surface area contributed by atoms with E-state index in [-0.39, 0.29) is 0 Å². The van der Waals surface area contributed by atoms with Crippen molar-refractivity contribution >= 4 is 65.9 Å². The molecule has 0 unspecified atom stereocenters. The monoisotopic (exact) mass is 386 g/mol. The predicted molar refractivity (Wildman–Crippen MR) is 130 cm³/mol. The van der Waals surface area contributed by atoms with E-state index >= 15 is 0 Å². The highest BCUT2D eigenvalue weighted by molar-refractivity contribution is 7.20. The Labute approximate surface area is 173 Å². The van der Waals surface area contributed by atoms with E-state index in [9.17, 15) is 0 Å². The highest BCUT2D eigenvalue weighted by Gasteiger charge is 2.08. The van der Waals surface area contributed by atoms with Crippen molar-refractivity contribution in [3.63, 3.8) is 0 Å². The summed E-state index contributed by atoms with van der Waals surface area (Å²) in [5.41, 5.74) is 1.23. The largest absolute Gasteiger partial charge is 0.136 e. The second-order valence-electron chi connectivity index (χ2n) is 7.45. The minimum absolute atomic E-state index is 1.23. The van der Waals surface area contributed by atoms with Crippen LogP contribution in [0.5, 0.6) is 0 Å². The molecule has 0 saturated carbocycles. The van der Waals surface area contributed by atoms with Crippen molar-refractivity contribution in [2.24, 2.45) is 0 Å². The molecule has 1 aromatic heterocycles. The van der Waals surface area contributed by atoms with Crippen molar-refractivity contribution in [1.82, 2.24) is 0 Å². The Morgan fingerprint density at radius 1 is 0.483 bits per heavy atom. The van der Waals surface area contributed by atoms with Crippen LogP contribution in [-0.4, -0.2) is 0 Å². The first-order valence-corrected chi connectivity index (χ1v) is 10.7. The molecule has 1 heteroatoms. The zero-order valence-electron chi connectivity index (χ0n) is 15.8. The van der Waals surface area contributed by atoms with Crippen LogP contribution in [0.3, 0.4) is 0 Å². The Bertz CT molecular complexity index is 1530. The molecule has 0 spiro atoms. The van der Waals surface area contributed by atoms with Crippen molar-refractivity contribution in [2.45, 2.75) is 0 Å². The fourth-order valence-corrected chi connectivity index (χ4v) is 5.18. The lowest BCUT2D eigenvalue weighted by molar-refractivity contribution is 1.67. The van der Waals surface area contributed by atoms with Gasteiger partial charge in [-0.3, -0.25) is 0 Å². The highest BCUT2D eigenvalue weighted by atomic mass is 32.1. The summed E-state index contributed by atoms with van der Waals surface area (Å²) in [4.78, 5) is 1.29. The Kier molecular flexibility index (Phi) is 3.75. The van der Waals surface area contributed by atoms with Crippen LogP contribution in [0, 0.1) is 0 Å². The summed E-state index contributed by atoms with van der Waals surface area (Å²) in [6, 6.07) is 35.2. The molecule has 0 nitrogen and oxygen atoms in total. The van der Waals surface area contributed by atoms with Crippen LogP contribution in [0.25, 0.3) is 54.6 Å². The topological polar surface area (TPSA) is 0 Å². The van der Waals surface area contributed by atoms with E-state index < -0.39 is 0 Å². The van der Waals surface area contributed by atoms with Gasteiger partial charge in [0, 0.05) is 15.0 Å². The molecule has 0 radical (unpaired) electrons. The van der Waals surface area contributed by atoms with Gasteiger partial charge < -0.3 is 0 Å². The van der Waals surface area contributed by atoms with Gasteiger partial charge in [0.2, 0.25) is 0 Å². The van der Waals surface area contributed by atoms with E-state index in [1.807, 2.05) is 11.3 Å². The number of rotatable bonds is 2. The standard InChI is InChI=1S/C28H18S/c1-2-6-19(7-3-1)10-12-23-18-27-25-13-11-22-16-20-8-4-5-9-21(20)17-26(22)24(25)14-15-28(27)29-23/h1-18H. The normalized spacial score (nSPS) is 12.0. The first-order chi connectivity index (χ1) is 14.3. The van der Waals surface area contributed by atoms with Crippen LogP contribution < -0.4 is 0 Å². The van der Waals surface area contributed by atoms with Crippen molar-refractivity contribution in [2.75, 3.05) is 0 Å². The predicted octanol–water partition coefficient (Wildman–Crippen LogP) is 8.53. The number of thiophene rings is 1. The van der Waals surface area contributed by atoms with Crippen molar-refractivity contribution in [3.05, 3.63) is 108 Å². The molecule has 6 aromatic rings. The molecule has 0 aliphatic heterocycles. The summed E-state index contributed by atoms with van der Waals surface area (Å²) in [6.45, 7) is 0. The first kappa shape index (κ1) is 16.5. The van der Waals surface area contributed by atoms with Crippen LogP contribution in [0.15, 0.2) is 97.1 Å². The van der Waals surface area contributed by atoms with Gasteiger partial charge in [-0.25, -0.2) is 0 Å². The summed E-state index contributed by atoms with van der Waals surface area (Å²) < 4.78 is 1.34. The molecule has 0 atom stereocenters. The number of fused-ring (bicyclic) bond motifs is 6. The molecule has 0 saturated heterocycles. The molecule has 0 N–H and O–H groups in total. The smallest absolute Gasteiger partial charge is 0.0355 e. The van der Waals surface area contributed by atoms with Gasteiger partial charge in [0.15, 0.2) is 0 Å². The summed E-state index contributed by atoms with van der Waals surface area (Å²) in [6.07, 6.45) is 4.41. The highest BCUT2D eigenvalue weighted by Crippen LogP contribution is 2.37.